The van der Waals surface area contributed by atoms with Crippen molar-refractivity contribution in [2.45, 2.75) is 40.0 Å². The molecule has 206 valence electrons. The van der Waals surface area contributed by atoms with E-state index in [9.17, 15) is 14.4 Å². The van der Waals surface area contributed by atoms with E-state index in [1.165, 1.54) is 4.57 Å². The van der Waals surface area contributed by atoms with Crippen LogP contribution >= 0.6 is 0 Å². The third-order valence-electron chi connectivity index (χ3n) is 6.60. The first-order chi connectivity index (χ1) is 19.0. The van der Waals surface area contributed by atoms with E-state index < -0.39 is 5.97 Å². The predicted octanol–water partition coefficient (Wildman–Crippen LogP) is 6.23. The van der Waals surface area contributed by atoms with Crippen molar-refractivity contribution in [1.82, 2.24) is 9.55 Å². The van der Waals surface area contributed by atoms with Crippen molar-refractivity contribution in [3.8, 4) is 11.3 Å². The van der Waals surface area contributed by atoms with Gasteiger partial charge in [0.2, 0.25) is 0 Å². The van der Waals surface area contributed by atoms with Crippen LogP contribution in [0.2, 0.25) is 0 Å². The summed E-state index contributed by atoms with van der Waals surface area (Å²) in [4.78, 5) is 42.4. The molecule has 2 N–H and O–H groups in total. The molecule has 0 atom stereocenters. The van der Waals surface area contributed by atoms with Crippen molar-refractivity contribution in [3.05, 3.63) is 106 Å². The highest BCUT2D eigenvalue weighted by Crippen LogP contribution is 2.29. The number of esters is 1. The molecule has 0 unspecified atom stereocenters. The zero-order valence-corrected chi connectivity index (χ0v) is 23.7. The van der Waals surface area contributed by atoms with Crippen LogP contribution in [0, 0.1) is 6.92 Å². The quantitative estimate of drug-likeness (QED) is 0.271. The Bertz CT molecular complexity index is 1600. The molecule has 3 aromatic carbocycles. The molecule has 0 fully saturated rings. The number of nitrogens with zero attached hydrogens (tertiary/aromatic N) is 2. The van der Waals surface area contributed by atoms with Gasteiger partial charge < -0.3 is 19.9 Å². The first-order valence-electron chi connectivity index (χ1n) is 13.1. The summed E-state index contributed by atoms with van der Waals surface area (Å²) >= 11 is 0. The molecule has 0 saturated heterocycles. The Morgan fingerprint density at radius 3 is 2.23 bits per heavy atom. The molecule has 0 aliphatic carbocycles. The third kappa shape index (κ3) is 6.29. The van der Waals surface area contributed by atoms with Crippen molar-refractivity contribution in [3.63, 3.8) is 0 Å². The molecule has 1 heterocycles. The summed E-state index contributed by atoms with van der Waals surface area (Å²) in [6.07, 6.45) is 1.66. The molecule has 0 bridgehead atoms. The van der Waals surface area contributed by atoms with Gasteiger partial charge in [-0.25, -0.2) is 9.78 Å². The van der Waals surface area contributed by atoms with E-state index in [4.69, 9.17) is 4.74 Å². The number of rotatable bonds is 7. The van der Waals surface area contributed by atoms with Gasteiger partial charge in [-0.15, -0.1) is 0 Å². The molecule has 1 amide bonds. The van der Waals surface area contributed by atoms with E-state index in [-0.39, 0.29) is 22.7 Å². The normalized spacial score (nSPS) is 11.2. The fraction of sp³-hybridized carbons (Fsp3) is 0.250. The van der Waals surface area contributed by atoms with Gasteiger partial charge in [0.1, 0.15) is 0 Å². The topological polar surface area (TPSA) is 102 Å². The molecule has 0 radical (unpaired) electrons. The Morgan fingerprint density at radius 2 is 1.60 bits per heavy atom. The van der Waals surface area contributed by atoms with E-state index in [2.05, 4.69) is 36.4 Å². The van der Waals surface area contributed by atoms with Gasteiger partial charge in [0.25, 0.3) is 11.5 Å². The average molecular weight is 539 g/mol. The predicted molar refractivity (Wildman–Crippen MR) is 158 cm³/mol. The molecule has 0 aliphatic rings. The van der Waals surface area contributed by atoms with Crippen LogP contribution in [0.5, 0.6) is 0 Å². The smallest absolute Gasteiger partial charge is 0.338 e. The Kier molecular flexibility index (Phi) is 8.18. The number of hydrogen-bond donors (Lipinski definition) is 2. The Hall–Kier alpha value is -4.72. The number of anilines is 3. The molecule has 1 aromatic heterocycles. The monoisotopic (exact) mass is 538 g/mol. The SMILES string of the molecule is CCOC(=O)c1ccc(Nc2nc(-c3cccc(NC(=O)c4ccc(C(C)(C)C)cc4)c3C)cn(C)c2=O)cc1. The standard InChI is InChI=1S/C32H34N4O4/c1-7-40-31(39)22-13-17-24(18-14-22)33-28-30(38)36(6)19-27(34-28)25-9-8-10-26(20(25)2)35-29(37)21-11-15-23(16-12-21)32(3,4)5/h8-19H,7H2,1-6H3,(H,33,34)(H,35,37). The van der Waals surface area contributed by atoms with E-state index in [1.54, 1.807) is 44.4 Å². The van der Waals surface area contributed by atoms with Gasteiger partial charge in [0.05, 0.1) is 17.9 Å². The summed E-state index contributed by atoms with van der Waals surface area (Å²) in [5, 5.41) is 6.07. The fourth-order valence-electron chi connectivity index (χ4n) is 4.22. The molecular formula is C32H34N4O4. The summed E-state index contributed by atoms with van der Waals surface area (Å²) in [6, 6.07) is 19.8. The Labute approximate surface area is 234 Å². The van der Waals surface area contributed by atoms with E-state index in [0.29, 0.717) is 34.8 Å². The maximum absolute atomic E-state index is 13.0. The Morgan fingerprint density at radius 1 is 0.950 bits per heavy atom. The van der Waals surface area contributed by atoms with Gasteiger partial charge in [0.15, 0.2) is 5.82 Å². The number of ether oxygens (including phenoxy) is 1. The van der Waals surface area contributed by atoms with E-state index in [0.717, 1.165) is 16.7 Å². The van der Waals surface area contributed by atoms with E-state index in [1.807, 2.05) is 49.4 Å². The van der Waals surface area contributed by atoms with Crippen molar-refractivity contribution in [2.75, 3.05) is 17.2 Å². The molecule has 8 heteroatoms. The number of hydrogen-bond acceptors (Lipinski definition) is 6. The van der Waals surface area contributed by atoms with Crippen molar-refractivity contribution in [2.24, 2.45) is 7.05 Å². The summed E-state index contributed by atoms with van der Waals surface area (Å²) in [5.74, 6) is -0.478. The van der Waals surface area contributed by atoms with Gasteiger partial charge >= 0.3 is 5.97 Å². The second kappa shape index (κ2) is 11.6. The summed E-state index contributed by atoms with van der Waals surface area (Å²) in [5.41, 5.74) is 5.25. The number of carbonyl (C=O) groups is 2. The Balaban J connectivity index is 1.59. The van der Waals surface area contributed by atoms with Gasteiger partial charge in [-0.2, -0.15) is 0 Å². The second-order valence-electron chi connectivity index (χ2n) is 10.6. The van der Waals surface area contributed by atoms with Crippen LogP contribution in [-0.4, -0.2) is 28.0 Å². The van der Waals surface area contributed by atoms with E-state index >= 15 is 0 Å². The molecule has 0 aliphatic heterocycles. The van der Waals surface area contributed by atoms with Gasteiger partial charge in [-0.05, 0) is 72.9 Å². The summed E-state index contributed by atoms with van der Waals surface area (Å²) in [7, 11) is 1.66. The summed E-state index contributed by atoms with van der Waals surface area (Å²) in [6.45, 7) is 10.3. The lowest BCUT2D eigenvalue weighted by atomic mass is 9.86. The number of carbonyl (C=O) groups excluding carboxylic acids is 2. The summed E-state index contributed by atoms with van der Waals surface area (Å²) < 4.78 is 6.48. The fourth-order valence-corrected chi connectivity index (χ4v) is 4.22. The molecule has 4 rings (SSSR count). The lowest BCUT2D eigenvalue weighted by molar-refractivity contribution is 0.0526. The van der Waals surface area contributed by atoms with Gasteiger partial charge in [-0.3, -0.25) is 9.59 Å². The number of nitrogens with one attached hydrogen (secondary N) is 2. The average Bonchev–Trinajstić information content (AvgIpc) is 2.92. The first-order valence-corrected chi connectivity index (χ1v) is 13.1. The van der Waals surface area contributed by atoms with Crippen LogP contribution < -0.4 is 16.2 Å². The maximum Gasteiger partial charge on any atom is 0.338 e. The van der Waals surface area contributed by atoms with Crippen LogP contribution in [0.4, 0.5) is 17.2 Å². The lowest BCUT2D eigenvalue weighted by Gasteiger charge is -2.19. The second-order valence-corrected chi connectivity index (χ2v) is 10.6. The number of aromatic nitrogens is 2. The molecule has 0 spiro atoms. The number of benzene rings is 3. The van der Waals surface area contributed by atoms with Crippen molar-refractivity contribution < 1.29 is 14.3 Å². The van der Waals surface area contributed by atoms with Crippen molar-refractivity contribution in [1.29, 1.82) is 0 Å². The van der Waals surface area contributed by atoms with Crippen LogP contribution in [-0.2, 0) is 17.2 Å². The molecule has 8 nitrogen and oxygen atoms in total. The van der Waals surface area contributed by atoms with Gasteiger partial charge in [0, 0.05) is 35.7 Å². The number of aryl methyl sites for hydroxylation is 1. The van der Waals surface area contributed by atoms with Crippen LogP contribution in [0.1, 0.15) is 59.5 Å². The minimum absolute atomic E-state index is 0.00249. The van der Waals surface area contributed by atoms with Crippen LogP contribution in [0.25, 0.3) is 11.3 Å². The molecular weight excluding hydrogens is 504 g/mol. The molecule has 40 heavy (non-hydrogen) atoms. The zero-order valence-electron chi connectivity index (χ0n) is 23.7. The minimum Gasteiger partial charge on any atom is -0.462 e. The largest absolute Gasteiger partial charge is 0.462 e. The minimum atomic E-state index is -0.408. The third-order valence-corrected chi connectivity index (χ3v) is 6.60. The van der Waals surface area contributed by atoms with Gasteiger partial charge in [-0.1, -0.05) is 45.0 Å². The molecule has 0 saturated carbocycles. The highest BCUT2D eigenvalue weighted by Gasteiger charge is 2.17. The molecule has 4 aromatic rings. The number of amides is 1. The highest BCUT2D eigenvalue weighted by atomic mass is 16.5. The van der Waals surface area contributed by atoms with Crippen LogP contribution in [0.3, 0.4) is 0 Å². The van der Waals surface area contributed by atoms with Crippen LogP contribution in [0.15, 0.2) is 77.7 Å². The van der Waals surface area contributed by atoms with Crippen molar-refractivity contribution >= 4 is 29.1 Å². The first kappa shape index (κ1) is 28.3. The maximum atomic E-state index is 13.0. The highest BCUT2D eigenvalue weighted by molar-refractivity contribution is 6.05. The zero-order chi connectivity index (χ0) is 29.0. The lowest BCUT2D eigenvalue weighted by Crippen LogP contribution is -2.21.